The first-order valence-electron chi connectivity index (χ1n) is 7.79. The maximum absolute atomic E-state index is 13.0. The van der Waals surface area contributed by atoms with Gasteiger partial charge in [-0.05, 0) is 35.2 Å². The van der Waals surface area contributed by atoms with E-state index in [0.717, 1.165) is 18.0 Å². The van der Waals surface area contributed by atoms with E-state index < -0.39 is 11.7 Å². The normalized spacial score (nSPS) is 11.8. The maximum Gasteiger partial charge on any atom is 0.416 e. The smallest absolute Gasteiger partial charge is 0.365 e. The molecule has 0 saturated heterocycles. The highest BCUT2D eigenvalue weighted by Gasteiger charge is 2.30. The second-order valence-electron chi connectivity index (χ2n) is 5.64. The molecule has 0 amide bonds. The molecule has 0 aliphatic heterocycles. The summed E-state index contributed by atoms with van der Waals surface area (Å²) in [6.07, 6.45) is -1.24. The molecule has 4 aromatic rings. The molecule has 3 heterocycles. The maximum atomic E-state index is 13.0. The van der Waals surface area contributed by atoms with Gasteiger partial charge in [-0.25, -0.2) is 4.98 Å². The van der Waals surface area contributed by atoms with Crippen molar-refractivity contribution in [2.24, 2.45) is 0 Å². The minimum Gasteiger partial charge on any atom is -0.365 e. The summed E-state index contributed by atoms with van der Waals surface area (Å²) in [4.78, 5) is 5.46. The molecule has 4 nitrogen and oxygen atoms in total. The van der Waals surface area contributed by atoms with E-state index in [1.807, 2.05) is 17.5 Å². The van der Waals surface area contributed by atoms with Crippen molar-refractivity contribution >= 4 is 22.8 Å². The van der Waals surface area contributed by atoms with Crippen molar-refractivity contribution in [1.29, 1.82) is 0 Å². The van der Waals surface area contributed by atoms with E-state index in [9.17, 15) is 13.2 Å². The molecule has 3 aromatic heterocycles. The first-order chi connectivity index (χ1) is 12.5. The minimum absolute atomic E-state index is 0.428. The zero-order valence-electron chi connectivity index (χ0n) is 13.4. The zero-order chi connectivity index (χ0) is 18.1. The Kier molecular flexibility index (Phi) is 4.12. The number of halogens is 3. The lowest BCUT2D eigenvalue weighted by Gasteiger charge is -2.09. The van der Waals surface area contributed by atoms with Crippen molar-refractivity contribution in [2.75, 3.05) is 5.32 Å². The molecule has 4 rings (SSSR count). The van der Waals surface area contributed by atoms with Gasteiger partial charge in [0, 0.05) is 16.6 Å². The molecule has 0 fully saturated rings. The Morgan fingerprint density at radius 1 is 1.12 bits per heavy atom. The van der Waals surface area contributed by atoms with Gasteiger partial charge in [0.15, 0.2) is 5.65 Å². The lowest BCUT2D eigenvalue weighted by molar-refractivity contribution is -0.137. The molecule has 1 N–H and O–H groups in total. The van der Waals surface area contributed by atoms with E-state index in [1.54, 1.807) is 34.2 Å². The summed E-state index contributed by atoms with van der Waals surface area (Å²) in [6.45, 7) is 0.634. The Morgan fingerprint density at radius 2 is 2.00 bits per heavy atom. The molecule has 26 heavy (non-hydrogen) atoms. The van der Waals surface area contributed by atoms with Gasteiger partial charge < -0.3 is 5.32 Å². The zero-order valence-corrected chi connectivity index (χ0v) is 14.2. The fraction of sp³-hybridized carbons (Fsp3) is 0.111. The highest BCUT2D eigenvalue weighted by atomic mass is 32.1. The molecule has 0 spiro atoms. The van der Waals surface area contributed by atoms with Crippen molar-refractivity contribution in [1.82, 2.24) is 14.6 Å². The van der Waals surface area contributed by atoms with Gasteiger partial charge in [0.25, 0.3) is 0 Å². The molecule has 0 unspecified atom stereocenters. The summed E-state index contributed by atoms with van der Waals surface area (Å²) >= 11 is 1.64. The number of aromatic nitrogens is 3. The molecule has 0 aliphatic carbocycles. The van der Waals surface area contributed by atoms with E-state index in [2.05, 4.69) is 15.4 Å². The number of rotatable bonds is 4. The summed E-state index contributed by atoms with van der Waals surface area (Å²) in [7, 11) is 0. The third-order valence-electron chi connectivity index (χ3n) is 3.93. The lowest BCUT2D eigenvalue weighted by Crippen LogP contribution is -2.05. The quantitative estimate of drug-likeness (QED) is 0.541. The van der Waals surface area contributed by atoms with Gasteiger partial charge in [-0.2, -0.15) is 22.8 Å². The second-order valence-corrected chi connectivity index (χ2v) is 6.67. The van der Waals surface area contributed by atoms with Crippen LogP contribution < -0.4 is 5.32 Å². The largest absolute Gasteiger partial charge is 0.416 e. The standard InChI is InChI=1S/C18H13F3N4S/c19-18(20,21)13-4-1-3-12(9-13)15-11-24-25-16(6-7-22-17(15)25)23-10-14-5-2-8-26-14/h1-9,11,23H,10H2. The Balaban J connectivity index is 1.71. The number of anilines is 1. The van der Waals surface area contributed by atoms with Crippen LogP contribution in [0.4, 0.5) is 19.0 Å². The first kappa shape index (κ1) is 16.6. The summed E-state index contributed by atoms with van der Waals surface area (Å²) in [5.74, 6) is 0.724. The van der Waals surface area contributed by atoms with Crippen molar-refractivity contribution < 1.29 is 13.2 Å². The van der Waals surface area contributed by atoms with E-state index >= 15 is 0 Å². The fourth-order valence-electron chi connectivity index (χ4n) is 2.68. The highest BCUT2D eigenvalue weighted by molar-refractivity contribution is 7.09. The van der Waals surface area contributed by atoms with Crippen molar-refractivity contribution in [3.8, 4) is 11.1 Å². The minimum atomic E-state index is -4.39. The number of alkyl halides is 3. The molecule has 0 bridgehead atoms. The number of nitrogens with zero attached hydrogens (tertiary/aromatic N) is 3. The van der Waals surface area contributed by atoms with Crippen LogP contribution in [0.3, 0.4) is 0 Å². The van der Waals surface area contributed by atoms with Crippen molar-refractivity contribution in [3.05, 3.63) is 70.7 Å². The SMILES string of the molecule is FC(F)(F)c1cccc(-c2cnn3c(NCc4cccs4)ccnc23)c1. The van der Waals surface area contributed by atoms with E-state index in [1.165, 1.54) is 17.1 Å². The predicted octanol–water partition coefficient (Wildman–Crippen LogP) is 5.09. The Morgan fingerprint density at radius 3 is 2.77 bits per heavy atom. The first-order valence-corrected chi connectivity index (χ1v) is 8.67. The van der Waals surface area contributed by atoms with Gasteiger partial charge >= 0.3 is 6.18 Å². The van der Waals surface area contributed by atoms with Crippen molar-refractivity contribution in [3.63, 3.8) is 0 Å². The lowest BCUT2D eigenvalue weighted by atomic mass is 10.1. The third kappa shape index (κ3) is 3.15. The van der Waals surface area contributed by atoms with Crippen LogP contribution in [-0.4, -0.2) is 14.6 Å². The molecular formula is C18H13F3N4S. The Hall–Kier alpha value is -2.87. The number of nitrogens with one attached hydrogen (secondary N) is 1. The summed E-state index contributed by atoms with van der Waals surface area (Å²) in [5, 5.41) is 9.58. The van der Waals surface area contributed by atoms with Crippen molar-refractivity contribution in [2.45, 2.75) is 12.7 Å². The van der Waals surface area contributed by atoms with Crippen LogP contribution in [0.1, 0.15) is 10.4 Å². The molecule has 0 aliphatic rings. The molecule has 0 atom stereocenters. The summed E-state index contributed by atoms with van der Waals surface area (Å²) in [6, 6.07) is 11.0. The molecule has 0 radical (unpaired) electrons. The van der Waals surface area contributed by atoms with Crippen LogP contribution in [0.5, 0.6) is 0 Å². The van der Waals surface area contributed by atoms with Crippen LogP contribution in [0.2, 0.25) is 0 Å². The predicted molar refractivity (Wildman–Crippen MR) is 95.1 cm³/mol. The highest BCUT2D eigenvalue weighted by Crippen LogP contribution is 2.33. The van der Waals surface area contributed by atoms with Gasteiger partial charge in [-0.3, -0.25) is 0 Å². The van der Waals surface area contributed by atoms with Crippen LogP contribution in [-0.2, 0) is 12.7 Å². The molecule has 0 saturated carbocycles. The van der Waals surface area contributed by atoms with Crippen LogP contribution in [0.25, 0.3) is 16.8 Å². The third-order valence-corrected chi connectivity index (χ3v) is 4.80. The summed E-state index contributed by atoms with van der Waals surface area (Å²) < 4.78 is 40.5. The van der Waals surface area contributed by atoms with Gasteiger partial charge in [-0.15, -0.1) is 11.3 Å². The van der Waals surface area contributed by atoms with E-state index in [-0.39, 0.29) is 0 Å². The fourth-order valence-corrected chi connectivity index (χ4v) is 3.33. The number of benzene rings is 1. The second kappa shape index (κ2) is 6.45. The number of hydrogen-bond acceptors (Lipinski definition) is 4. The van der Waals surface area contributed by atoms with Crippen LogP contribution in [0.15, 0.2) is 60.2 Å². The molecule has 8 heteroatoms. The topological polar surface area (TPSA) is 42.2 Å². The van der Waals surface area contributed by atoms with Gasteiger partial charge in [0.2, 0.25) is 0 Å². The average molecular weight is 374 g/mol. The van der Waals surface area contributed by atoms with Crippen LogP contribution in [0, 0.1) is 0 Å². The van der Waals surface area contributed by atoms with Gasteiger partial charge in [0.05, 0.1) is 18.3 Å². The monoisotopic (exact) mass is 374 g/mol. The number of thiophene rings is 1. The molecular weight excluding hydrogens is 361 g/mol. The van der Waals surface area contributed by atoms with E-state index in [0.29, 0.717) is 23.3 Å². The molecule has 132 valence electrons. The Labute approximate surface area is 150 Å². The number of hydrogen-bond donors (Lipinski definition) is 1. The van der Waals surface area contributed by atoms with Crippen LogP contribution >= 0.6 is 11.3 Å². The summed E-state index contributed by atoms with van der Waals surface area (Å²) in [5.41, 5.74) is 0.787. The Bertz CT molecular complexity index is 1040. The van der Waals surface area contributed by atoms with Gasteiger partial charge in [-0.1, -0.05) is 18.2 Å². The molecule has 1 aromatic carbocycles. The van der Waals surface area contributed by atoms with Gasteiger partial charge in [0.1, 0.15) is 5.82 Å². The van der Waals surface area contributed by atoms with E-state index in [4.69, 9.17) is 0 Å². The average Bonchev–Trinajstić information content (AvgIpc) is 3.29. The number of fused-ring (bicyclic) bond motifs is 1.